The van der Waals surface area contributed by atoms with Crippen LogP contribution in [0.25, 0.3) is 6.08 Å². The SMILES string of the molecule is COc1ccccc1/C=C/CN[C@H]1CCCO[C@@H]1c1cnn(C)c1. The molecule has 0 aliphatic carbocycles. The van der Waals surface area contributed by atoms with Gasteiger partial charge in [-0.05, 0) is 18.9 Å². The molecular weight excluding hydrogens is 302 g/mol. The highest BCUT2D eigenvalue weighted by atomic mass is 16.5. The lowest BCUT2D eigenvalue weighted by molar-refractivity contribution is -0.00969. The first kappa shape index (κ1) is 16.7. The maximum atomic E-state index is 5.98. The fourth-order valence-corrected chi connectivity index (χ4v) is 3.12. The Morgan fingerprint density at radius 2 is 2.29 bits per heavy atom. The van der Waals surface area contributed by atoms with Crippen molar-refractivity contribution in [3.63, 3.8) is 0 Å². The highest BCUT2D eigenvalue weighted by Gasteiger charge is 2.27. The van der Waals surface area contributed by atoms with Crippen LogP contribution in [0.1, 0.15) is 30.1 Å². The summed E-state index contributed by atoms with van der Waals surface area (Å²) < 4.78 is 13.2. The van der Waals surface area contributed by atoms with Crippen molar-refractivity contribution in [2.75, 3.05) is 20.3 Å². The van der Waals surface area contributed by atoms with Crippen molar-refractivity contribution < 1.29 is 9.47 Å². The van der Waals surface area contributed by atoms with E-state index in [-0.39, 0.29) is 6.10 Å². The van der Waals surface area contributed by atoms with Crippen molar-refractivity contribution in [2.45, 2.75) is 25.0 Å². The number of hydrogen-bond acceptors (Lipinski definition) is 4. The topological polar surface area (TPSA) is 48.3 Å². The van der Waals surface area contributed by atoms with Crippen LogP contribution in [0, 0.1) is 0 Å². The summed E-state index contributed by atoms with van der Waals surface area (Å²) in [7, 11) is 3.63. The number of benzene rings is 1. The summed E-state index contributed by atoms with van der Waals surface area (Å²) in [6.07, 6.45) is 10.4. The number of hydrogen-bond donors (Lipinski definition) is 1. The van der Waals surface area contributed by atoms with E-state index in [0.717, 1.165) is 42.9 Å². The third-order valence-corrected chi connectivity index (χ3v) is 4.31. The Bertz CT molecular complexity index is 681. The van der Waals surface area contributed by atoms with E-state index < -0.39 is 0 Å². The van der Waals surface area contributed by atoms with Crippen molar-refractivity contribution in [3.05, 3.63) is 53.9 Å². The minimum Gasteiger partial charge on any atom is -0.496 e. The van der Waals surface area contributed by atoms with Crippen LogP contribution in [0.3, 0.4) is 0 Å². The Labute approximate surface area is 143 Å². The second-order valence-electron chi connectivity index (χ2n) is 6.04. The number of nitrogens with zero attached hydrogens (tertiary/aromatic N) is 2. The maximum absolute atomic E-state index is 5.98. The molecule has 0 bridgehead atoms. The molecule has 1 aliphatic rings. The van der Waals surface area contributed by atoms with Crippen LogP contribution in [0.5, 0.6) is 5.75 Å². The van der Waals surface area contributed by atoms with Gasteiger partial charge in [-0.2, -0.15) is 5.10 Å². The average molecular weight is 327 g/mol. The normalized spacial score (nSPS) is 21.2. The summed E-state index contributed by atoms with van der Waals surface area (Å²) in [5.74, 6) is 0.892. The molecule has 2 aromatic rings. The van der Waals surface area contributed by atoms with Crippen LogP contribution in [0.15, 0.2) is 42.7 Å². The molecule has 5 heteroatoms. The highest BCUT2D eigenvalue weighted by molar-refractivity contribution is 5.57. The Hall–Kier alpha value is -2.11. The molecule has 1 N–H and O–H groups in total. The lowest BCUT2D eigenvalue weighted by Gasteiger charge is -2.31. The minimum absolute atomic E-state index is 0.0760. The van der Waals surface area contributed by atoms with Gasteiger partial charge >= 0.3 is 0 Å². The van der Waals surface area contributed by atoms with Gasteiger partial charge in [0.15, 0.2) is 0 Å². The molecule has 0 unspecified atom stereocenters. The van der Waals surface area contributed by atoms with Crippen molar-refractivity contribution in [2.24, 2.45) is 7.05 Å². The molecule has 3 rings (SSSR count). The Balaban J connectivity index is 1.59. The second kappa shape index (κ2) is 8.13. The Morgan fingerprint density at radius 3 is 3.08 bits per heavy atom. The fourth-order valence-electron chi connectivity index (χ4n) is 3.12. The van der Waals surface area contributed by atoms with E-state index in [1.807, 2.05) is 42.3 Å². The van der Waals surface area contributed by atoms with Gasteiger partial charge in [0.1, 0.15) is 11.9 Å². The monoisotopic (exact) mass is 327 g/mol. The molecule has 24 heavy (non-hydrogen) atoms. The summed E-state index contributed by atoms with van der Waals surface area (Å²) >= 11 is 0. The number of ether oxygens (including phenoxy) is 2. The van der Waals surface area contributed by atoms with Crippen LogP contribution in [-0.4, -0.2) is 36.1 Å². The van der Waals surface area contributed by atoms with Crippen LogP contribution in [0.4, 0.5) is 0 Å². The van der Waals surface area contributed by atoms with Gasteiger partial charge in [0.2, 0.25) is 0 Å². The molecule has 2 heterocycles. The third-order valence-electron chi connectivity index (χ3n) is 4.31. The van der Waals surface area contributed by atoms with Gasteiger partial charge in [-0.15, -0.1) is 0 Å². The van der Waals surface area contributed by atoms with Gasteiger partial charge in [0.05, 0.1) is 13.3 Å². The zero-order chi connectivity index (χ0) is 16.8. The molecule has 1 fully saturated rings. The summed E-state index contributed by atoms with van der Waals surface area (Å²) in [6.45, 7) is 1.61. The van der Waals surface area contributed by atoms with Gasteiger partial charge in [0, 0.05) is 43.6 Å². The zero-order valence-corrected chi connectivity index (χ0v) is 14.3. The predicted octanol–water partition coefficient (Wildman–Crippen LogP) is 2.95. The van der Waals surface area contributed by atoms with Gasteiger partial charge in [-0.3, -0.25) is 4.68 Å². The first-order valence-electron chi connectivity index (χ1n) is 8.41. The van der Waals surface area contributed by atoms with E-state index in [1.54, 1.807) is 7.11 Å². The number of methoxy groups -OCH3 is 1. The Morgan fingerprint density at radius 1 is 1.42 bits per heavy atom. The van der Waals surface area contributed by atoms with Gasteiger partial charge in [-0.25, -0.2) is 0 Å². The molecule has 0 spiro atoms. The molecule has 0 radical (unpaired) electrons. The predicted molar refractivity (Wildman–Crippen MR) is 95.0 cm³/mol. The number of aromatic nitrogens is 2. The first-order valence-corrected chi connectivity index (χ1v) is 8.41. The van der Waals surface area contributed by atoms with Crippen LogP contribution >= 0.6 is 0 Å². The molecule has 1 aromatic carbocycles. The molecule has 128 valence electrons. The van der Waals surface area contributed by atoms with Crippen molar-refractivity contribution in [3.8, 4) is 5.75 Å². The fraction of sp³-hybridized carbons (Fsp3) is 0.421. The maximum Gasteiger partial charge on any atom is 0.126 e. The quantitative estimate of drug-likeness (QED) is 0.886. The third kappa shape index (κ3) is 4.04. The Kier molecular flexibility index (Phi) is 5.67. The zero-order valence-electron chi connectivity index (χ0n) is 14.3. The number of aryl methyl sites for hydroxylation is 1. The van der Waals surface area contributed by atoms with Crippen LogP contribution < -0.4 is 10.1 Å². The summed E-state index contributed by atoms with van der Waals surface area (Å²) in [5.41, 5.74) is 2.23. The lowest BCUT2D eigenvalue weighted by atomic mass is 9.98. The van der Waals surface area contributed by atoms with Crippen molar-refractivity contribution in [1.29, 1.82) is 0 Å². The van der Waals surface area contributed by atoms with Gasteiger partial charge in [-0.1, -0.05) is 30.4 Å². The standard InChI is InChI=1S/C19H25N3O2/c1-22-14-16(13-21-22)19-17(9-6-12-24-19)20-11-5-8-15-7-3-4-10-18(15)23-2/h3-5,7-8,10,13-14,17,19-20H,6,9,11-12H2,1-2H3/b8-5+/t17-,19+/m0/s1. The lowest BCUT2D eigenvalue weighted by Crippen LogP contribution is -2.39. The smallest absolute Gasteiger partial charge is 0.126 e. The van der Waals surface area contributed by atoms with E-state index in [0.29, 0.717) is 6.04 Å². The van der Waals surface area contributed by atoms with Crippen LogP contribution in [0.2, 0.25) is 0 Å². The molecule has 1 saturated heterocycles. The molecule has 5 nitrogen and oxygen atoms in total. The molecule has 2 atom stereocenters. The summed E-state index contributed by atoms with van der Waals surface area (Å²) in [5, 5.41) is 7.86. The molecule has 1 aliphatic heterocycles. The summed E-state index contributed by atoms with van der Waals surface area (Å²) in [6, 6.07) is 8.33. The van der Waals surface area contributed by atoms with Gasteiger partial charge < -0.3 is 14.8 Å². The van der Waals surface area contributed by atoms with E-state index in [1.165, 1.54) is 0 Å². The molecule has 1 aromatic heterocycles. The molecule has 0 saturated carbocycles. The van der Waals surface area contributed by atoms with Crippen LogP contribution in [-0.2, 0) is 11.8 Å². The largest absolute Gasteiger partial charge is 0.496 e. The van der Waals surface area contributed by atoms with E-state index in [4.69, 9.17) is 9.47 Å². The van der Waals surface area contributed by atoms with E-state index >= 15 is 0 Å². The van der Waals surface area contributed by atoms with Crippen molar-refractivity contribution >= 4 is 6.08 Å². The summed E-state index contributed by atoms with van der Waals surface area (Å²) in [4.78, 5) is 0. The molecular formula is C19H25N3O2. The van der Waals surface area contributed by atoms with E-state index in [2.05, 4.69) is 28.6 Å². The van der Waals surface area contributed by atoms with E-state index in [9.17, 15) is 0 Å². The average Bonchev–Trinajstić information content (AvgIpc) is 3.05. The number of para-hydroxylation sites is 1. The number of nitrogens with one attached hydrogen (secondary N) is 1. The second-order valence-corrected chi connectivity index (χ2v) is 6.04. The van der Waals surface area contributed by atoms with Gasteiger partial charge in [0.25, 0.3) is 0 Å². The molecule has 0 amide bonds. The minimum atomic E-state index is 0.0760. The first-order chi connectivity index (χ1) is 11.8. The highest BCUT2D eigenvalue weighted by Crippen LogP contribution is 2.28. The van der Waals surface area contributed by atoms with Crippen molar-refractivity contribution in [1.82, 2.24) is 15.1 Å². The number of rotatable bonds is 6.